The second-order valence-electron chi connectivity index (χ2n) is 4.57. The molecule has 0 aromatic heterocycles. The Morgan fingerprint density at radius 2 is 1.88 bits per heavy atom. The number of halogens is 2. The summed E-state index contributed by atoms with van der Waals surface area (Å²) in [5, 5.41) is 6.20. The summed E-state index contributed by atoms with van der Waals surface area (Å²) < 4.78 is 0. The van der Waals surface area contributed by atoms with Crippen molar-refractivity contribution in [3.8, 4) is 0 Å². The Hall–Kier alpha value is -0.0300. The number of carbonyl (C=O) groups is 1. The third-order valence-electron chi connectivity index (χ3n) is 3.98. The van der Waals surface area contributed by atoms with Gasteiger partial charge in [0.2, 0.25) is 6.41 Å². The third kappa shape index (κ3) is 2.80. The van der Waals surface area contributed by atoms with Crippen LogP contribution >= 0.6 is 24.8 Å². The quantitative estimate of drug-likeness (QED) is 0.638. The molecule has 0 aromatic rings. The van der Waals surface area contributed by atoms with Crippen LogP contribution in [0.25, 0.3) is 0 Å². The largest absolute Gasteiger partial charge is 0.354 e. The number of nitrogens with one attached hydrogen (secondary N) is 2. The smallest absolute Gasteiger partial charge is 0.207 e. The predicted octanol–water partition coefficient (Wildman–Crippen LogP) is 0.435. The second kappa shape index (κ2) is 6.64. The van der Waals surface area contributed by atoms with Crippen molar-refractivity contribution in [2.45, 2.75) is 37.8 Å². The van der Waals surface area contributed by atoms with E-state index < -0.39 is 0 Å². The van der Waals surface area contributed by atoms with Crippen molar-refractivity contribution in [1.29, 1.82) is 0 Å². The van der Waals surface area contributed by atoms with Crippen molar-refractivity contribution >= 4 is 31.2 Å². The number of amides is 1. The fourth-order valence-electron chi connectivity index (χ4n) is 3.00. The molecule has 0 bridgehead atoms. The lowest BCUT2D eigenvalue weighted by Crippen LogP contribution is -2.52. The van der Waals surface area contributed by atoms with E-state index in [4.69, 9.17) is 5.73 Å². The summed E-state index contributed by atoms with van der Waals surface area (Å²) in [5.41, 5.74) is 6.52. The molecule has 6 heteroatoms. The fourth-order valence-corrected chi connectivity index (χ4v) is 3.00. The highest BCUT2D eigenvalue weighted by atomic mass is 35.5. The third-order valence-corrected chi connectivity index (χ3v) is 3.98. The molecule has 1 saturated heterocycles. The molecule has 0 unspecified atom stereocenters. The van der Waals surface area contributed by atoms with Crippen molar-refractivity contribution in [3.05, 3.63) is 0 Å². The summed E-state index contributed by atoms with van der Waals surface area (Å²) in [7, 11) is 0. The monoisotopic (exact) mass is 269 g/mol. The number of carbonyl (C=O) groups excluding carboxylic acids is 1. The summed E-state index contributed by atoms with van der Waals surface area (Å²) in [6.07, 6.45) is 5.31. The van der Waals surface area contributed by atoms with Crippen molar-refractivity contribution in [2.75, 3.05) is 13.1 Å². The van der Waals surface area contributed by atoms with Gasteiger partial charge in [-0.2, -0.15) is 0 Å². The van der Waals surface area contributed by atoms with Crippen LogP contribution in [0.4, 0.5) is 0 Å². The average molecular weight is 270 g/mol. The fraction of sp³-hybridized carbons (Fsp3) is 0.900. The van der Waals surface area contributed by atoms with Crippen LogP contribution in [0.1, 0.15) is 25.7 Å². The molecule has 0 radical (unpaired) electrons. The normalized spacial score (nSPS) is 31.3. The molecule has 2 aliphatic rings. The van der Waals surface area contributed by atoms with E-state index >= 15 is 0 Å². The number of nitrogens with two attached hydrogens (primary N) is 1. The van der Waals surface area contributed by atoms with Crippen molar-refractivity contribution in [1.82, 2.24) is 10.6 Å². The van der Waals surface area contributed by atoms with Gasteiger partial charge in [-0.15, -0.1) is 24.8 Å². The molecule has 2 fully saturated rings. The van der Waals surface area contributed by atoms with Crippen LogP contribution in [0, 0.1) is 5.41 Å². The molecule has 4 N–H and O–H groups in total. The van der Waals surface area contributed by atoms with Gasteiger partial charge < -0.3 is 16.4 Å². The summed E-state index contributed by atoms with van der Waals surface area (Å²) in [5.74, 6) is 0. The lowest BCUT2D eigenvalue weighted by Gasteiger charge is -2.38. The van der Waals surface area contributed by atoms with Gasteiger partial charge in [0.15, 0.2) is 0 Å². The molecule has 1 saturated carbocycles. The van der Waals surface area contributed by atoms with Gasteiger partial charge in [0.05, 0.1) is 0 Å². The van der Waals surface area contributed by atoms with E-state index in [1.54, 1.807) is 0 Å². The van der Waals surface area contributed by atoms with Gasteiger partial charge in [0.1, 0.15) is 0 Å². The first kappa shape index (κ1) is 16.0. The molecule has 2 rings (SSSR count). The second-order valence-corrected chi connectivity index (χ2v) is 4.57. The SMILES string of the molecule is Cl.Cl.N[C@@H]1[C@@H](NC=O)CCC12CCNCC2. The van der Waals surface area contributed by atoms with Gasteiger partial charge in [-0.3, -0.25) is 4.79 Å². The molecule has 0 aromatic carbocycles. The Kier molecular flexibility index (Phi) is 6.63. The minimum Gasteiger partial charge on any atom is -0.354 e. The van der Waals surface area contributed by atoms with E-state index in [1.807, 2.05) is 0 Å². The first-order valence-electron chi connectivity index (χ1n) is 5.44. The first-order valence-corrected chi connectivity index (χ1v) is 5.44. The molecule has 1 aliphatic heterocycles. The molecule has 2 atom stereocenters. The molecule has 16 heavy (non-hydrogen) atoms. The predicted molar refractivity (Wildman–Crippen MR) is 69.2 cm³/mol. The molecule has 1 heterocycles. The van der Waals surface area contributed by atoms with Gasteiger partial charge in [0.25, 0.3) is 0 Å². The maximum atomic E-state index is 10.4. The van der Waals surface area contributed by atoms with Crippen molar-refractivity contribution in [2.24, 2.45) is 11.1 Å². The first-order chi connectivity index (χ1) is 6.78. The molecule has 96 valence electrons. The van der Waals surface area contributed by atoms with Gasteiger partial charge in [-0.05, 0) is 44.2 Å². The summed E-state index contributed by atoms with van der Waals surface area (Å²) >= 11 is 0. The summed E-state index contributed by atoms with van der Waals surface area (Å²) in [4.78, 5) is 10.4. The van der Waals surface area contributed by atoms with Gasteiger partial charge in [-0.1, -0.05) is 0 Å². The van der Waals surface area contributed by atoms with Crippen LogP contribution in [-0.2, 0) is 4.79 Å². The topological polar surface area (TPSA) is 67.1 Å². The Morgan fingerprint density at radius 3 is 2.44 bits per heavy atom. The van der Waals surface area contributed by atoms with Crippen molar-refractivity contribution < 1.29 is 4.79 Å². The zero-order valence-corrected chi connectivity index (χ0v) is 10.9. The maximum absolute atomic E-state index is 10.4. The van der Waals surface area contributed by atoms with Crippen LogP contribution in [0.2, 0.25) is 0 Å². The minimum atomic E-state index is 0. The van der Waals surface area contributed by atoms with Gasteiger partial charge in [0, 0.05) is 12.1 Å². The van der Waals surface area contributed by atoms with E-state index in [0.717, 1.165) is 38.8 Å². The van der Waals surface area contributed by atoms with E-state index in [0.29, 0.717) is 5.41 Å². The van der Waals surface area contributed by atoms with Crippen LogP contribution in [0.5, 0.6) is 0 Å². The average Bonchev–Trinajstić information content (AvgIpc) is 2.50. The molecular weight excluding hydrogens is 249 g/mol. The standard InChI is InChI=1S/C10H19N3O.2ClH/c11-9-8(13-7-14)1-2-10(9)3-5-12-6-4-10;;/h7-9,12H,1-6,11H2,(H,13,14);2*1H/t8-,9+;;/m0../s1. The van der Waals surface area contributed by atoms with Crippen LogP contribution in [0.3, 0.4) is 0 Å². The van der Waals surface area contributed by atoms with E-state index in [-0.39, 0.29) is 36.9 Å². The molecule has 1 amide bonds. The lowest BCUT2D eigenvalue weighted by atomic mass is 9.74. The van der Waals surface area contributed by atoms with Gasteiger partial charge >= 0.3 is 0 Å². The summed E-state index contributed by atoms with van der Waals surface area (Å²) in [6, 6.07) is 0.348. The Labute approximate surface area is 109 Å². The number of hydrogen-bond donors (Lipinski definition) is 3. The van der Waals surface area contributed by atoms with Crippen LogP contribution < -0.4 is 16.4 Å². The van der Waals surface area contributed by atoms with E-state index in [9.17, 15) is 4.79 Å². The van der Waals surface area contributed by atoms with Crippen LogP contribution in [0.15, 0.2) is 0 Å². The maximum Gasteiger partial charge on any atom is 0.207 e. The number of hydrogen-bond acceptors (Lipinski definition) is 3. The van der Waals surface area contributed by atoms with Crippen molar-refractivity contribution in [3.63, 3.8) is 0 Å². The Morgan fingerprint density at radius 1 is 1.25 bits per heavy atom. The minimum absolute atomic E-state index is 0. The summed E-state index contributed by atoms with van der Waals surface area (Å²) in [6.45, 7) is 2.14. The highest BCUT2D eigenvalue weighted by molar-refractivity contribution is 5.85. The zero-order chi connectivity index (χ0) is 10.0. The Balaban J connectivity index is 0.00000112. The molecule has 1 spiro atoms. The number of piperidine rings is 1. The molecule has 1 aliphatic carbocycles. The Bertz CT molecular complexity index is 222. The molecular formula is C10H21Cl2N3O. The molecule has 4 nitrogen and oxygen atoms in total. The van der Waals surface area contributed by atoms with E-state index in [2.05, 4.69) is 10.6 Å². The van der Waals surface area contributed by atoms with E-state index in [1.165, 1.54) is 6.42 Å². The zero-order valence-electron chi connectivity index (χ0n) is 9.28. The highest BCUT2D eigenvalue weighted by Gasteiger charge is 2.46. The lowest BCUT2D eigenvalue weighted by molar-refractivity contribution is -0.110. The number of rotatable bonds is 2. The van der Waals surface area contributed by atoms with Gasteiger partial charge in [-0.25, -0.2) is 0 Å². The van der Waals surface area contributed by atoms with Crippen LogP contribution in [-0.4, -0.2) is 31.6 Å². The highest BCUT2D eigenvalue weighted by Crippen LogP contribution is 2.43.